The van der Waals surface area contributed by atoms with Gasteiger partial charge >= 0.3 is 6.03 Å². The molecule has 2 fully saturated rings. The van der Waals surface area contributed by atoms with Crippen LogP contribution in [-0.2, 0) is 19.4 Å². The van der Waals surface area contributed by atoms with Crippen LogP contribution >= 0.6 is 0 Å². The number of urea groups is 1. The maximum absolute atomic E-state index is 13.8. The van der Waals surface area contributed by atoms with E-state index >= 15 is 0 Å². The lowest BCUT2D eigenvalue weighted by Crippen LogP contribution is -2.55. The summed E-state index contributed by atoms with van der Waals surface area (Å²) in [6.45, 7) is 9.65. The van der Waals surface area contributed by atoms with E-state index < -0.39 is 39.8 Å². The van der Waals surface area contributed by atoms with Gasteiger partial charge in [-0.15, -0.1) is 0 Å². The minimum absolute atomic E-state index is 0.000414. The van der Waals surface area contributed by atoms with Crippen LogP contribution in [-0.4, -0.2) is 54.8 Å². The highest BCUT2D eigenvalue weighted by Gasteiger charge is 2.59. The fourth-order valence-corrected chi connectivity index (χ4v) is 6.76. The number of aryl methyl sites for hydroxylation is 1. The molecular weight excluding hydrogens is 490 g/mol. The van der Waals surface area contributed by atoms with Crippen LogP contribution in [0.4, 0.5) is 16.2 Å². The van der Waals surface area contributed by atoms with Crippen molar-refractivity contribution in [3.05, 3.63) is 59.2 Å². The second-order valence-electron chi connectivity index (χ2n) is 10.7. The molecule has 4 rings (SSSR count). The summed E-state index contributed by atoms with van der Waals surface area (Å²) in [5.41, 5.74) is 2.85. The van der Waals surface area contributed by atoms with Crippen LogP contribution in [0.2, 0.25) is 0 Å². The minimum Gasteiger partial charge on any atom is -0.324 e. The van der Waals surface area contributed by atoms with Crippen molar-refractivity contribution in [3.63, 3.8) is 0 Å². The van der Waals surface area contributed by atoms with Crippen LogP contribution in [0, 0.1) is 6.92 Å². The summed E-state index contributed by atoms with van der Waals surface area (Å²) >= 11 is 0. The van der Waals surface area contributed by atoms with Gasteiger partial charge in [0.05, 0.1) is 11.5 Å². The number of sulfone groups is 1. The van der Waals surface area contributed by atoms with Crippen LogP contribution < -0.4 is 10.2 Å². The number of rotatable bonds is 6. The Labute approximate surface area is 218 Å². The first kappa shape index (κ1) is 26.9. The Morgan fingerprint density at radius 3 is 2.00 bits per heavy atom. The van der Waals surface area contributed by atoms with Gasteiger partial charge in [0.2, 0.25) is 5.91 Å². The van der Waals surface area contributed by atoms with E-state index in [4.69, 9.17) is 0 Å². The number of nitrogens with zero attached hydrogens (tertiary/aromatic N) is 2. The first-order chi connectivity index (χ1) is 17.4. The van der Waals surface area contributed by atoms with Gasteiger partial charge in [0.25, 0.3) is 5.91 Å². The number of carbonyl (C=O) groups excluding carboxylic acids is 3. The average Bonchev–Trinajstić information content (AvgIpc) is 3.03. The maximum atomic E-state index is 13.8. The molecule has 9 heteroatoms. The van der Waals surface area contributed by atoms with Gasteiger partial charge in [-0.2, -0.15) is 0 Å². The van der Waals surface area contributed by atoms with Gasteiger partial charge in [-0.3, -0.25) is 19.4 Å². The molecule has 0 radical (unpaired) electrons. The lowest BCUT2D eigenvalue weighted by atomic mass is 9.89. The molecule has 0 unspecified atom stereocenters. The maximum Gasteiger partial charge on any atom is 0.332 e. The molecule has 0 aromatic heterocycles. The zero-order valence-electron chi connectivity index (χ0n) is 22.1. The van der Waals surface area contributed by atoms with E-state index in [1.807, 2.05) is 65.0 Å². The van der Waals surface area contributed by atoms with E-state index in [2.05, 4.69) is 5.32 Å². The van der Waals surface area contributed by atoms with Crippen molar-refractivity contribution < 1.29 is 22.8 Å². The predicted octanol–water partition coefficient (Wildman–Crippen LogP) is 4.60. The number of amides is 4. The molecule has 0 aliphatic carbocycles. The number of hydrogen-bond acceptors (Lipinski definition) is 5. The molecule has 8 nitrogen and oxygen atoms in total. The third-order valence-electron chi connectivity index (χ3n) is 7.38. The molecule has 2 aliphatic heterocycles. The molecule has 198 valence electrons. The Kier molecular flexibility index (Phi) is 7.21. The van der Waals surface area contributed by atoms with Crippen molar-refractivity contribution >= 4 is 39.1 Å². The topological polar surface area (TPSA) is 104 Å². The summed E-state index contributed by atoms with van der Waals surface area (Å²) in [6, 6.07) is 12.5. The Bertz CT molecular complexity index is 1290. The molecular formula is C28H35N3O5S. The zero-order valence-corrected chi connectivity index (χ0v) is 22.9. The fourth-order valence-electron chi connectivity index (χ4n) is 5.26. The first-order valence-electron chi connectivity index (χ1n) is 12.7. The number of carbonyl (C=O) groups is 3. The molecule has 0 saturated carbocycles. The van der Waals surface area contributed by atoms with Crippen LogP contribution in [0.1, 0.15) is 69.1 Å². The van der Waals surface area contributed by atoms with Crippen LogP contribution in [0.3, 0.4) is 0 Å². The minimum atomic E-state index is -3.29. The average molecular weight is 526 g/mol. The van der Waals surface area contributed by atoms with Gasteiger partial charge in [-0.1, -0.05) is 63.6 Å². The van der Waals surface area contributed by atoms with Gasteiger partial charge in [0, 0.05) is 11.4 Å². The van der Waals surface area contributed by atoms with Gasteiger partial charge in [0.1, 0.15) is 12.1 Å². The Hall–Kier alpha value is -3.20. The molecule has 0 bridgehead atoms. The number of benzene rings is 2. The summed E-state index contributed by atoms with van der Waals surface area (Å²) in [5, 5.41) is 2.98. The number of hydrogen-bond donors (Lipinski definition) is 1. The van der Waals surface area contributed by atoms with E-state index in [9.17, 15) is 22.8 Å². The highest BCUT2D eigenvalue weighted by Crippen LogP contribution is 2.41. The van der Waals surface area contributed by atoms with Gasteiger partial charge in [0.15, 0.2) is 9.84 Å². The summed E-state index contributed by atoms with van der Waals surface area (Å²) in [6.07, 6.45) is -0.000828. The number of imide groups is 1. The number of anilines is 2. The summed E-state index contributed by atoms with van der Waals surface area (Å²) < 4.78 is 24.4. The van der Waals surface area contributed by atoms with Gasteiger partial charge in [-0.05, 0) is 54.9 Å². The quantitative estimate of drug-likeness (QED) is 0.556. The fraction of sp³-hybridized carbons (Fsp3) is 0.464. The van der Waals surface area contributed by atoms with Crippen molar-refractivity contribution in [2.75, 3.05) is 28.3 Å². The van der Waals surface area contributed by atoms with E-state index in [-0.39, 0.29) is 36.2 Å². The third-order valence-corrected chi connectivity index (χ3v) is 9.03. The first-order valence-corrected chi connectivity index (χ1v) is 14.5. The molecule has 2 aromatic carbocycles. The Morgan fingerprint density at radius 2 is 1.49 bits per heavy atom. The molecule has 2 heterocycles. The molecule has 2 saturated heterocycles. The van der Waals surface area contributed by atoms with Gasteiger partial charge in [-0.25, -0.2) is 13.2 Å². The standard InChI is InChI=1S/C28H35N3O5S/c1-18(2)22-7-6-8-23(19(3)4)25(22)29-24(32)17-30-26(33)28(13-15-37(35,36)16-14-28)31(27(30)34)21-11-9-20(5)10-12-21/h6-12,18-19H,13-17H2,1-5H3,(H,29,32). The Morgan fingerprint density at radius 1 is 0.946 bits per heavy atom. The van der Waals surface area contributed by atoms with Crippen molar-refractivity contribution in [2.24, 2.45) is 0 Å². The second kappa shape index (κ2) is 9.93. The van der Waals surface area contributed by atoms with Crippen molar-refractivity contribution in [1.29, 1.82) is 0 Å². The molecule has 37 heavy (non-hydrogen) atoms. The predicted molar refractivity (Wildman–Crippen MR) is 145 cm³/mol. The van der Waals surface area contributed by atoms with E-state index in [0.29, 0.717) is 11.4 Å². The summed E-state index contributed by atoms with van der Waals surface area (Å²) in [4.78, 5) is 43.1. The molecule has 1 N–H and O–H groups in total. The zero-order chi connectivity index (χ0) is 27.1. The van der Waals surface area contributed by atoms with E-state index in [1.165, 1.54) is 4.90 Å². The summed E-state index contributed by atoms with van der Waals surface area (Å²) in [7, 11) is -3.29. The van der Waals surface area contributed by atoms with Gasteiger partial charge < -0.3 is 5.32 Å². The molecule has 4 amide bonds. The second-order valence-corrected chi connectivity index (χ2v) is 13.0. The monoisotopic (exact) mass is 525 g/mol. The number of nitrogens with one attached hydrogen (secondary N) is 1. The lowest BCUT2D eigenvalue weighted by Gasteiger charge is -2.37. The highest BCUT2D eigenvalue weighted by molar-refractivity contribution is 7.91. The Balaban J connectivity index is 1.66. The molecule has 0 atom stereocenters. The largest absolute Gasteiger partial charge is 0.332 e. The smallest absolute Gasteiger partial charge is 0.324 e. The van der Waals surface area contributed by atoms with Crippen LogP contribution in [0.5, 0.6) is 0 Å². The molecule has 1 spiro atoms. The lowest BCUT2D eigenvalue weighted by molar-refractivity contribution is -0.133. The summed E-state index contributed by atoms with van der Waals surface area (Å²) in [5.74, 6) is -1.05. The van der Waals surface area contributed by atoms with Crippen molar-refractivity contribution in [2.45, 2.75) is 64.8 Å². The van der Waals surface area contributed by atoms with Crippen molar-refractivity contribution in [3.8, 4) is 0 Å². The number of para-hydroxylation sites is 1. The van der Waals surface area contributed by atoms with Crippen LogP contribution in [0.15, 0.2) is 42.5 Å². The van der Waals surface area contributed by atoms with E-state index in [0.717, 1.165) is 21.6 Å². The highest BCUT2D eigenvalue weighted by atomic mass is 32.2. The van der Waals surface area contributed by atoms with Crippen molar-refractivity contribution in [1.82, 2.24) is 4.90 Å². The third kappa shape index (κ3) is 5.01. The normalized spacial score (nSPS) is 18.8. The molecule has 2 aliphatic rings. The van der Waals surface area contributed by atoms with Crippen LogP contribution in [0.25, 0.3) is 0 Å². The molecule has 2 aromatic rings. The van der Waals surface area contributed by atoms with E-state index in [1.54, 1.807) is 12.1 Å². The SMILES string of the molecule is Cc1ccc(N2C(=O)N(CC(=O)Nc3c(C(C)C)cccc3C(C)C)C(=O)C23CCS(=O)(=O)CC3)cc1.